The Morgan fingerprint density at radius 1 is 1.15 bits per heavy atom. The lowest BCUT2D eigenvalue weighted by Gasteiger charge is -2.05. The smallest absolute Gasteiger partial charge is 0.339 e. The lowest BCUT2D eigenvalue weighted by Crippen LogP contribution is -2.23. The van der Waals surface area contributed by atoms with Crippen LogP contribution in [0.2, 0.25) is 0 Å². The summed E-state index contributed by atoms with van der Waals surface area (Å²) in [4.78, 5) is 27.1. The molecule has 1 aromatic heterocycles. The first kappa shape index (κ1) is 13.7. The number of hydrogen-bond donors (Lipinski definition) is 1. The Labute approximate surface area is 116 Å². The zero-order valence-electron chi connectivity index (χ0n) is 11.0. The molecule has 1 N–H and O–H groups in total. The van der Waals surface area contributed by atoms with Crippen molar-refractivity contribution >= 4 is 11.9 Å². The Hall–Kier alpha value is -2.69. The van der Waals surface area contributed by atoms with Gasteiger partial charge in [0.15, 0.2) is 0 Å². The maximum atomic E-state index is 11.9. The van der Waals surface area contributed by atoms with E-state index in [1.807, 2.05) is 30.3 Å². The Bertz CT molecular complexity index is 594. The number of nitrogens with one attached hydrogen (secondary N) is 1. The third-order valence-corrected chi connectivity index (χ3v) is 2.71. The number of carbonyl (C=O) groups is 2. The number of benzene rings is 1. The van der Waals surface area contributed by atoms with Crippen molar-refractivity contribution in [3.05, 3.63) is 65.5 Å². The normalized spacial score (nSPS) is 9.85. The number of pyridine rings is 1. The van der Waals surface area contributed by atoms with Gasteiger partial charge in [0.25, 0.3) is 5.91 Å². The van der Waals surface area contributed by atoms with E-state index < -0.39 is 5.97 Å². The first-order valence-electron chi connectivity index (χ1n) is 6.07. The first-order valence-corrected chi connectivity index (χ1v) is 6.07. The number of nitrogens with zero attached hydrogens (tertiary/aromatic N) is 1. The molecular formula is C15H14N2O3. The van der Waals surface area contributed by atoms with Gasteiger partial charge in [0.05, 0.1) is 12.7 Å². The minimum atomic E-state index is -0.478. The highest BCUT2D eigenvalue weighted by atomic mass is 16.5. The van der Waals surface area contributed by atoms with Crippen molar-refractivity contribution in [3.8, 4) is 0 Å². The molecule has 0 aliphatic heterocycles. The van der Waals surface area contributed by atoms with Crippen molar-refractivity contribution in [2.75, 3.05) is 7.11 Å². The summed E-state index contributed by atoms with van der Waals surface area (Å²) in [6.07, 6.45) is 1.32. The predicted molar refractivity (Wildman–Crippen MR) is 73.2 cm³/mol. The molecule has 20 heavy (non-hydrogen) atoms. The van der Waals surface area contributed by atoms with Crippen LogP contribution in [0.15, 0.2) is 48.7 Å². The summed E-state index contributed by atoms with van der Waals surface area (Å²) in [7, 11) is 1.29. The minimum Gasteiger partial charge on any atom is -0.465 e. The molecule has 1 heterocycles. The SMILES string of the molecule is COC(=O)c1ccc(C(=O)NCc2ccccc2)nc1. The van der Waals surface area contributed by atoms with Crippen LogP contribution in [0.3, 0.4) is 0 Å². The quantitative estimate of drug-likeness (QED) is 0.860. The fourth-order valence-electron chi connectivity index (χ4n) is 1.64. The van der Waals surface area contributed by atoms with Crippen LogP contribution in [0.1, 0.15) is 26.4 Å². The van der Waals surface area contributed by atoms with Crippen LogP contribution in [0, 0.1) is 0 Å². The lowest BCUT2D eigenvalue weighted by molar-refractivity contribution is 0.0599. The molecule has 5 nitrogen and oxygen atoms in total. The number of ether oxygens (including phenoxy) is 1. The molecule has 0 saturated heterocycles. The van der Waals surface area contributed by atoms with Crippen molar-refractivity contribution in [3.63, 3.8) is 0 Å². The number of amides is 1. The molecule has 0 aliphatic rings. The van der Waals surface area contributed by atoms with Crippen LogP contribution in [-0.4, -0.2) is 24.0 Å². The topological polar surface area (TPSA) is 68.3 Å². The van der Waals surface area contributed by atoms with E-state index in [1.54, 1.807) is 0 Å². The van der Waals surface area contributed by atoms with Gasteiger partial charge in [-0.05, 0) is 17.7 Å². The number of rotatable bonds is 4. The van der Waals surface area contributed by atoms with Crippen molar-refractivity contribution in [2.45, 2.75) is 6.54 Å². The van der Waals surface area contributed by atoms with Crippen LogP contribution in [0.25, 0.3) is 0 Å². The zero-order valence-corrected chi connectivity index (χ0v) is 11.0. The first-order chi connectivity index (χ1) is 9.70. The van der Waals surface area contributed by atoms with E-state index in [1.165, 1.54) is 25.4 Å². The summed E-state index contributed by atoms with van der Waals surface area (Å²) in [6.45, 7) is 0.431. The van der Waals surface area contributed by atoms with Gasteiger partial charge in [-0.25, -0.2) is 4.79 Å². The summed E-state index contributed by atoms with van der Waals surface area (Å²) >= 11 is 0. The second-order valence-corrected chi connectivity index (χ2v) is 4.09. The third-order valence-electron chi connectivity index (χ3n) is 2.71. The summed E-state index contributed by atoms with van der Waals surface area (Å²) in [6, 6.07) is 12.6. The minimum absolute atomic E-state index is 0.258. The molecule has 0 aliphatic carbocycles. The molecule has 2 aromatic rings. The maximum absolute atomic E-state index is 11.9. The van der Waals surface area contributed by atoms with Crippen LogP contribution >= 0.6 is 0 Å². The van der Waals surface area contributed by atoms with Crippen molar-refractivity contribution in [1.82, 2.24) is 10.3 Å². The summed E-state index contributed by atoms with van der Waals surface area (Å²) in [5, 5.41) is 2.76. The highest BCUT2D eigenvalue weighted by molar-refractivity contribution is 5.94. The highest BCUT2D eigenvalue weighted by Crippen LogP contribution is 2.03. The molecule has 0 bridgehead atoms. The van der Waals surface area contributed by atoms with Crippen LogP contribution in [0.4, 0.5) is 0 Å². The standard InChI is InChI=1S/C15H14N2O3/c1-20-15(19)12-7-8-13(16-10-12)14(18)17-9-11-5-3-2-4-6-11/h2-8,10H,9H2,1H3,(H,17,18). The molecule has 102 valence electrons. The molecule has 0 saturated carbocycles. The lowest BCUT2D eigenvalue weighted by atomic mass is 10.2. The number of carbonyl (C=O) groups excluding carboxylic acids is 2. The van der Waals surface area contributed by atoms with Gasteiger partial charge < -0.3 is 10.1 Å². The van der Waals surface area contributed by atoms with E-state index in [4.69, 9.17) is 0 Å². The summed E-state index contributed by atoms with van der Waals surface area (Å²) in [5.74, 6) is -0.765. The molecule has 2 rings (SSSR count). The van der Waals surface area contributed by atoms with Crippen molar-refractivity contribution < 1.29 is 14.3 Å². The van der Waals surface area contributed by atoms with Gasteiger partial charge in [0.2, 0.25) is 0 Å². The number of methoxy groups -OCH3 is 1. The maximum Gasteiger partial charge on any atom is 0.339 e. The molecule has 0 atom stereocenters. The predicted octanol–water partition coefficient (Wildman–Crippen LogP) is 1.80. The average Bonchev–Trinajstić information content (AvgIpc) is 2.53. The molecular weight excluding hydrogens is 256 g/mol. The molecule has 5 heteroatoms. The molecule has 0 fully saturated rings. The van der Waals surface area contributed by atoms with Crippen LogP contribution in [-0.2, 0) is 11.3 Å². The van der Waals surface area contributed by atoms with E-state index in [2.05, 4.69) is 15.0 Å². The zero-order chi connectivity index (χ0) is 14.4. The fraction of sp³-hybridized carbons (Fsp3) is 0.133. The molecule has 0 radical (unpaired) electrons. The van der Waals surface area contributed by atoms with Gasteiger partial charge in [-0.15, -0.1) is 0 Å². The fourth-order valence-corrected chi connectivity index (χ4v) is 1.64. The molecule has 0 spiro atoms. The number of esters is 1. The van der Waals surface area contributed by atoms with Gasteiger partial charge >= 0.3 is 5.97 Å². The number of aromatic nitrogens is 1. The van der Waals surface area contributed by atoms with Gasteiger partial charge in [-0.3, -0.25) is 9.78 Å². The van der Waals surface area contributed by atoms with Gasteiger partial charge in [0.1, 0.15) is 5.69 Å². The van der Waals surface area contributed by atoms with E-state index >= 15 is 0 Å². The van der Waals surface area contributed by atoms with E-state index in [-0.39, 0.29) is 11.6 Å². The van der Waals surface area contributed by atoms with Gasteiger partial charge in [0, 0.05) is 12.7 Å². The van der Waals surface area contributed by atoms with Crippen LogP contribution in [0.5, 0.6) is 0 Å². The summed E-state index contributed by atoms with van der Waals surface area (Å²) < 4.78 is 4.56. The second kappa shape index (κ2) is 6.47. The van der Waals surface area contributed by atoms with Gasteiger partial charge in [-0.2, -0.15) is 0 Å². The van der Waals surface area contributed by atoms with Crippen molar-refractivity contribution in [2.24, 2.45) is 0 Å². The third kappa shape index (κ3) is 3.41. The monoisotopic (exact) mass is 270 g/mol. The van der Waals surface area contributed by atoms with Crippen LogP contribution < -0.4 is 5.32 Å². The van der Waals surface area contributed by atoms with E-state index in [0.717, 1.165) is 5.56 Å². The summed E-state index contributed by atoms with van der Waals surface area (Å²) in [5.41, 5.74) is 1.58. The Morgan fingerprint density at radius 3 is 2.50 bits per heavy atom. The van der Waals surface area contributed by atoms with E-state index in [9.17, 15) is 9.59 Å². The Morgan fingerprint density at radius 2 is 1.90 bits per heavy atom. The second-order valence-electron chi connectivity index (χ2n) is 4.09. The Balaban J connectivity index is 1.97. The molecule has 1 amide bonds. The molecule has 0 unspecified atom stereocenters. The largest absolute Gasteiger partial charge is 0.465 e. The van der Waals surface area contributed by atoms with Gasteiger partial charge in [-0.1, -0.05) is 30.3 Å². The molecule has 1 aromatic carbocycles. The van der Waals surface area contributed by atoms with Crippen molar-refractivity contribution in [1.29, 1.82) is 0 Å². The average molecular weight is 270 g/mol. The highest BCUT2D eigenvalue weighted by Gasteiger charge is 2.10. The Kier molecular flexibility index (Phi) is 4.44. The number of hydrogen-bond acceptors (Lipinski definition) is 4. The van der Waals surface area contributed by atoms with E-state index in [0.29, 0.717) is 12.1 Å².